The molecule has 3 heterocycles. The van der Waals surface area contributed by atoms with E-state index in [1.165, 1.54) is 12.8 Å². The lowest BCUT2D eigenvalue weighted by Gasteiger charge is -2.34. The fourth-order valence-corrected chi connectivity index (χ4v) is 4.49. The molecule has 2 fully saturated rings. The van der Waals surface area contributed by atoms with Gasteiger partial charge in [-0.15, -0.1) is 0 Å². The zero-order valence-electron chi connectivity index (χ0n) is 16.3. The lowest BCUT2D eigenvalue weighted by molar-refractivity contribution is -0.136. The maximum atomic E-state index is 12.9. The minimum absolute atomic E-state index is 0.116. The van der Waals surface area contributed by atoms with Crippen molar-refractivity contribution in [2.75, 3.05) is 19.6 Å². The highest BCUT2D eigenvalue weighted by molar-refractivity contribution is 6.05. The summed E-state index contributed by atoms with van der Waals surface area (Å²) in [4.78, 5) is 38.0. The molecule has 7 heteroatoms. The van der Waals surface area contributed by atoms with Crippen molar-refractivity contribution in [1.82, 2.24) is 20.9 Å². The van der Waals surface area contributed by atoms with Gasteiger partial charge in [0.05, 0.1) is 0 Å². The molecule has 3 N–H and O–H groups in total. The first-order chi connectivity index (χ1) is 13.5. The van der Waals surface area contributed by atoms with Crippen LogP contribution in [-0.4, -0.2) is 48.3 Å². The smallest absolute Gasteiger partial charge is 0.255 e. The Hall–Kier alpha value is -2.25. The van der Waals surface area contributed by atoms with Crippen LogP contribution in [0, 0.1) is 5.41 Å². The third-order valence-electron chi connectivity index (χ3n) is 6.16. The number of nitrogens with one attached hydrogen (secondary N) is 3. The summed E-state index contributed by atoms with van der Waals surface area (Å²) in [6, 6.07) is 5.42. The second-order valence-electron chi connectivity index (χ2n) is 8.59. The molecular formula is C21H28N4O3. The maximum Gasteiger partial charge on any atom is 0.255 e. The number of hydrogen-bond acceptors (Lipinski definition) is 5. The SMILES string of the molecule is CC1(CNCc2ccc3c(c2)C(=O)N(C2CCC(=O)NC2=O)C3)CCCNC1. The van der Waals surface area contributed by atoms with Crippen LogP contribution < -0.4 is 16.0 Å². The first kappa shape index (κ1) is 19.1. The Bertz CT molecular complexity index is 801. The third kappa shape index (κ3) is 3.82. The lowest BCUT2D eigenvalue weighted by Crippen LogP contribution is -2.52. The summed E-state index contributed by atoms with van der Waals surface area (Å²) in [6.07, 6.45) is 3.10. The number of imide groups is 1. The van der Waals surface area contributed by atoms with Gasteiger partial charge in [0.15, 0.2) is 0 Å². The second-order valence-corrected chi connectivity index (χ2v) is 8.59. The molecule has 1 aromatic carbocycles. The molecule has 7 nitrogen and oxygen atoms in total. The molecule has 4 rings (SSSR count). The molecule has 150 valence electrons. The first-order valence-corrected chi connectivity index (χ1v) is 10.1. The topological polar surface area (TPSA) is 90.5 Å². The van der Waals surface area contributed by atoms with Crippen molar-refractivity contribution in [3.05, 3.63) is 34.9 Å². The lowest BCUT2D eigenvalue weighted by atomic mass is 9.83. The van der Waals surface area contributed by atoms with Crippen molar-refractivity contribution in [3.63, 3.8) is 0 Å². The van der Waals surface area contributed by atoms with Gasteiger partial charge in [0.25, 0.3) is 5.91 Å². The minimum atomic E-state index is -0.557. The molecule has 28 heavy (non-hydrogen) atoms. The van der Waals surface area contributed by atoms with E-state index in [-0.39, 0.29) is 29.6 Å². The Balaban J connectivity index is 1.39. The van der Waals surface area contributed by atoms with Crippen LogP contribution in [0.5, 0.6) is 0 Å². The Morgan fingerprint density at radius 2 is 2.14 bits per heavy atom. The van der Waals surface area contributed by atoms with Gasteiger partial charge in [0.2, 0.25) is 11.8 Å². The number of benzene rings is 1. The quantitative estimate of drug-likeness (QED) is 0.657. The summed E-state index contributed by atoms with van der Waals surface area (Å²) in [6.45, 7) is 6.52. The van der Waals surface area contributed by atoms with Crippen LogP contribution in [0.2, 0.25) is 0 Å². The predicted octanol–water partition coefficient (Wildman–Crippen LogP) is 0.927. The Morgan fingerprint density at radius 3 is 2.89 bits per heavy atom. The summed E-state index contributed by atoms with van der Waals surface area (Å²) < 4.78 is 0. The molecule has 1 aromatic rings. The molecule has 3 aliphatic heterocycles. The van der Waals surface area contributed by atoms with Crippen LogP contribution in [0.1, 0.15) is 54.1 Å². The summed E-state index contributed by atoms with van der Waals surface area (Å²) in [5.74, 6) is -0.746. The summed E-state index contributed by atoms with van der Waals surface area (Å²) >= 11 is 0. The molecule has 0 saturated carbocycles. The molecule has 0 aromatic heterocycles. The van der Waals surface area contributed by atoms with Gasteiger partial charge in [-0.3, -0.25) is 19.7 Å². The van der Waals surface area contributed by atoms with Gasteiger partial charge in [-0.25, -0.2) is 0 Å². The van der Waals surface area contributed by atoms with E-state index in [4.69, 9.17) is 0 Å². The Kier molecular flexibility index (Phi) is 5.21. The van der Waals surface area contributed by atoms with Crippen LogP contribution in [0.25, 0.3) is 0 Å². The van der Waals surface area contributed by atoms with E-state index in [0.717, 1.165) is 30.8 Å². The highest BCUT2D eigenvalue weighted by Crippen LogP contribution is 2.28. The summed E-state index contributed by atoms with van der Waals surface area (Å²) in [7, 11) is 0. The molecule has 2 unspecified atom stereocenters. The fraction of sp³-hybridized carbons (Fsp3) is 0.571. The molecule has 0 aliphatic carbocycles. The standard InChI is InChI=1S/C21H28N4O3/c1-21(7-2-8-22-12-21)13-23-10-14-3-4-15-11-25(20(28)16(15)9-14)17-5-6-18(26)24-19(17)27/h3-4,9,17,22-23H,2,5-8,10-13H2,1H3,(H,24,26,27). The number of nitrogens with zero attached hydrogens (tertiary/aromatic N) is 1. The number of amides is 3. The van der Waals surface area contributed by atoms with Crippen molar-refractivity contribution in [1.29, 1.82) is 0 Å². The Morgan fingerprint density at radius 1 is 1.29 bits per heavy atom. The summed E-state index contributed by atoms with van der Waals surface area (Å²) in [5.41, 5.74) is 2.97. The first-order valence-electron chi connectivity index (χ1n) is 10.1. The van der Waals surface area contributed by atoms with Crippen LogP contribution >= 0.6 is 0 Å². The van der Waals surface area contributed by atoms with Crippen molar-refractivity contribution in [3.8, 4) is 0 Å². The van der Waals surface area contributed by atoms with E-state index < -0.39 is 6.04 Å². The molecule has 3 amide bonds. The molecule has 3 aliphatic rings. The van der Waals surface area contributed by atoms with E-state index in [0.29, 0.717) is 25.1 Å². The number of piperidine rings is 2. The number of carbonyl (C=O) groups excluding carboxylic acids is 3. The molecular weight excluding hydrogens is 356 g/mol. The molecule has 0 spiro atoms. The molecule has 0 bridgehead atoms. The van der Waals surface area contributed by atoms with Crippen molar-refractivity contribution >= 4 is 17.7 Å². The zero-order chi connectivity index (χ0) is 19.7. The van der Waals surface area contributed by atoms with Crippen LogP contribution in [0.3, 0.4) is 0 Å². The van der Waals surface area contributed by atoms with Crippen LogP contribution in [0.15, 0.2) is 18.2 Å². The van der Waals surface area contributed by atoms with E-state index in [9.17, 15) is 14.4 Å². The van der Waals surface area contributed by atoms with Gasteiger partial charge in [-0.1, -0.05) is 19.1 Å². The predicted molar refractivity (Wildman–Crippen MR) is 104 cm³/mol. The molecule has 0 radical (unpaired) electrons. The molecule has 2 atom stereocenters. The average molecular weight is 384 g/mol. The van der Waals surface area contributed by atoms with Gasteiger partial charge in [0, 0.05) is 38.2 Å². The van der Waals surface area contributed by atoms with Crippen molar-refractivity contribution in [2.45, 2.75) is 51.7 Å². The van der Waals surface area contributed by atoms with Crippen molar-refractivity contribution in [2.24, 2.45) is 5.41 Å². The average Bonchev–Trinajstić information content (AvgIpc) is 2.98. The number of hydrogen-bond donors (Lipinski definition) is 3. The highest BCUT2D eigenvalue weighted by Gasteiger charge is 2.39. The number of fused-ring (bicyclic) bond motifs is 1. The molecule has 2 saturated heterocycles. The van der Waals surface area contributed by atoms with E-state index in [1.807, 2.05) is 12.1 Å². The van der Waals surface area contributed by atoms with Gasteiger partial charge < -0.3 is 15.5 Å². The van der Waals surface area contributed by atoms with Crippen molar-refractivity contribution < 1.29 is 14.4 Å². The zero-order valence-corrected chi connectivity index (χ0v) is 16.3. The fourth-order valence-electron chi connectivity index (χ4n) is 4.49. The van der Waals surface area contributed by atoms with Crippen LogP contribution in [0.4, 0.5) is 0 Å². The maximum absolute atomic E-state index is 12.9. The largest absolute Gasteiger partial charge is 0.322 e. The van der Waals surface area contributed by atoms with Gasteiger partial charge in [-0.05, 0) is 48.4 Å². The Labute approximate surface area is 165 Å². The number of rotatable bonds is 5. The van der Waals surface area contributed by atoms with E-state index >= 15 is 0 Å². The second kappa shape index (κ2) is 7.64. The van der Waals surface area contributed by atoms with Gasteiger partial charge >= 0.3 is 0 Å². The third-order valence-corrected chi connectivity index (χ3v) is 6.16. The van der Waals surface area contributed by atoms with Crippen LogP contribution in [-0.2, 0) is 22.7 Å². The van der Waals surface area contributed by atoms with E-state index in [1.54, 1.807) is 4.90 Å². The normalized spacial score (nSPS) is 27.7. The van der Waals surface area contributed by atoms with E-state index in [2.05, 4.69) is 28.9 Å². The van der Waals surface area contributed by atoms with Gasteiger partial charge in [-0.2, -0.15) is 0 Å². The number of carbonyl (C=O) groups is 3. The minimum Gasteiger partial charge on any atom is -0.322 e. The monoisotopic (exact) mass is 384 g/mol. The van der Waals surface area contributed by atoms with Gasteiger partial charge in [0.1, 0.15) is 6.04 Å². The summed E-state index contributed by atoms with van der Waals surface area (Å²) in [5, 5.41) is 9.34. The highest BCUT2D eigenvalue weighted by atomic mass is 16.2.